The van der Waals surface area contributed by atoms with Gasteiger partial charge in [0.25, 0.3) is 0 Å². The van der Waals surface area contributed by atoms with Crippen LogP contribution in [0.2, 0.25) is 0 Å². The highest BCUT2D eigenvalue weighted by Gasteiger charge is 2.22. The number of hydrogen-bond acceptors (Lipinski definition) is 6. The fraction of sp³-hybridized carbons (Fsp3) is 0.368. The molecule has 0 spiro atoms. The SMILES string of the molecule is CCNC(=O)Nc1ccc(-c2nc(N3CCOC(C)C3)c3cn[nH]c3n2)cc1. The Kier molecular flexibility index (Phi) is 5.07. The standard InChI is InChI=1S/C19H23N7O2/c1-3-20-19(27)22-14-6-4-13(5-7-14)16-23-17-15(10-21-25-17)18(24-16)26-8-9-28-12(2)11-26/h4-7,10,12H,3,8-9,11H2,1-2H3,(H2,20,22,27)(H,21,23,24,25). The molecular weight excluding hydrogens is 358 g/mol. The number of rotatable bonds is 4. The predicted molar refractivity (Wildman–Crippen MR) is 107 cm³/mol. The fourth-order valence-corrected chi connectivity index (χ4v) is 3.24. The molecule has 0 saturated carbocycles. The number of nitrogens with zero attached hydrogens (tertiary/aromatic N) is 4. The van der Waals surface area contributed by atoms with Crippen LogP contribution < -0.4 is 15.5 Å². The minimum atomic E-state index is -0.228. The van der Waals surface area contributed by atoms with Crippen molar-refractivity contribution in [2.45, 2.75) is 20.0 Å². The summed E-state index contributed by atoms with van der Waals surface area (Å²) >= 11 is 0. The normalized spacial score (nSPS) is 16.9. The monoisotopic (exact) mass is 381 g/mol. The average Bonchev–Trinajstić information content (AvgIpc) is 3.16. The van der Waals surface area contributed by atoms with Crippen LogP contribution in [-0.4, -0.2) is 58.5 Å². The van der Waals surface area contributed by atoms with Crippen molar-refractivity contribution in [2.75, 3.05) is 36.5 Å². The van der Waals surface area contributed by atoms with Crippen LogP contribution in [0.5, 0.6) is 0 Å². The van der Waals surface area contributed by atoms with Crippen molar-refractivity contribution in [1.82, 2.24) is 25.5 Å². The third-order valence-corrected chi connectivity index (χ3v) is 4.57. The maximum absolute atomic E-state index is 11.7. The number of carbonyl (C=O) groups is 1. The molecule has 2 aromatic heterocycles. The van der Waals surface area contributed by atoms with Crippen molar-refractivity contribution < 1.29 is 9.53 Å². The smallest absolute Gasteiger partial charge is 0.319 e. The highest BCUT2D eigenvalue weighted by Crippen LogP contribution is 2.28. The summed E-state index contributed by atoms with van der Waals surface area (Å²) in [7, 11) is 0. The van der Waals surface area contributed by atoms with E-state index in [0.29, 0.717) is 30.3 Å². The molecule has 0 aliphatic carbocycles. The minimum absolute atomic E-state index is 0.147. The molecule has 1 aliphatic rings. The zero-order valence-corrected chi connectivity index (χ0v) is 15.9. The van der Waals surface area contributed by atoms with Gasteiger partial charge in [-0.1, -0.05) is 0 Å². The van der Waals surface area contributed by atoms with E-state index < -0.39 is 0 Å². The number of anilines is 2. The van der Waals surface area contributed by atoms with E-state index >= 15 is 0 Å². The Morgan fingerprint density at radius 3 is 2.89 bits per heavy atom. The highest BCUT2D eigenvalue weighted by molar-refractivity contribution is 5.90. The summed E-state index contributed by atoms with van der Waals surface area (Å²) in [6.07, 6.45) is 1.90. The van der Waals surface area contributed by atoms with Crippen LogP contribution in [0, 0.1) is 0 Å². The quantitative estimate of drug-likeness (QED) is 0.640. The number of urea groups is 1. The zero-order chi connectivity index (χ0) is 19.5. The van der Waals surface area contributed by atoms with Gasteiger partial charge in [0.1, 0.15) is 5.82 Å². The largest absolute Gasteiger partial charge is 0.375 e. The van der Waals surface area contributed by atoms with Gasteiger partial charge < -0.3 is 20.3 Å². The Morgan fingerprint density at radius 1 is 1.32 bits per heavy atom. The molecule has 0 radical (unpaired) electrons. The summed E-state index contributed by atoms with van der Waals surface area (Å²) in [6, 6.07) is 7.23. The molecular formula is C19H23N7O2. The number of hydrogen-bond donors (Lipinski definition) is 3. The first kappa shape index (κ1) is 18.2. The number of benzene rings is 1. The van der Waals surface area contributed by atoms with Gasteiger partial charge in [0.2, 0.25) is 0 Å². The number of morpholine rings is 1. The van der Waals surface area contributed by atoms with E-state index in [4.69, 9.17) is 9.72 Å². The van der Waals surface area contributed by atoms with Gasteiger partial charge in [-0.3, -0.25) is 5.10 Å². The van der Waals surface area contributed by atoms with Crippen LogP contribution in [0.1, 0.15) is 13.8 Å². The topological polar surface area (TPSA) is 108 Å². The number of ether oxygens (including phenoxy) is 1. The summed E-state index contributed by atoms with van der Waals surface area (Å²) in [5.41, 5.74) is 2.27. The summed E-state index contributed by atoms with van der Waals surface area (Å²) in [4.78, 5) is 23.3. The second-order valence-electron chi connectivity index (χ2n) is 6.69. The van der Waals surface area contributed by atoms with Crippen LogP contribution in [0.3, 0.4) is 0 Å². The Morgan fingerprint density at radius 2 is 2.14 bits per heavy atom. The third kappa shape index (κ3) is 3.74. The first-order chi connectivity index (χ1) is 13.6. The number of aromatic amines is 1. The van der Waals surface area contributed by atoms with Crippen LogP contribution in [0.4, 0.5) is 16.3 Å². The number of aromatic nitrogens is 4. The van der Waals surface area contributed by atoms with Crippen LogP contribution >= 0.6 is 0 Å². The van der Waals surface area contributed by atoms with Gasteiger partial charge >= 0.3 is 6.03 Å². The fourth-order valence-electron chi connectivity index (χ4n) is 3.24. The Labute approximate surface area is 162 Å². The Balaban J connectivity index is 1.64. The van der Waals surface area contributed by atoms with Crippen LogP contribution in [0.15, 0.2) is 30.5 Å². The van der Waals surface area contributed by atoms with Crippen molar-refractivity contribution in [1.29, 1.82) is 0 Å². The summed E-state index contributed by atoms with van der Waals surface area (Å²) in [5.74, 6) is 1.46. The van der Waals surface area contributed by atoms with E-state index in [2.05, 4.69) is 37.6 Å². The van der Waals surface area contributed by atoms with Gasteiger partial charge in [-0.25, -0.2) is 14.8 Å². The lowest BCUT2D eigenvalue weighted by molar-refractivity contribution is 0.0530. The van der Waals surface area contributed by atoms with Crippen LogP contribution in [0.25, 0.3) is 22.4 Å². The van der Waals surface area contributed by atoms with Gasteiger partial charge in [-0.05, 0) is 38.1 Å². The third-order valence-electron chi connectivity index (χ3n) is 4.57. The molecule has 1 fully saturated rings. The Hall–Kier alpha value is -3.20. The van der Waals surface area contributed by atoms with Crippen molar-refractivity contribution in [3.8, 4) is 11.4 Å². The van der Waals surface area contributed by atoms with E-state index in [-0.39, 0.29) is 12.1 Å². The van der Waals surface area contributed by atoms with Gasteiger partial charge in [-0.2, -0.15) is 5.10 Å². The zero-order valence-electron chi connectivity index (χ0n) is 15.9. The Bertz CT molecular complexity index is 970. The lowest BCUT2D eigenvalue weighted by Gasteiger charge is -2.32. The van der Waals surface area contributed by atoms with E-state index in [1.54, 1.807) is 6.20 Å². The first-order valence-corrected chi connectivity index (χ1v) is 9.37. The second kappa shape index (κ2) is 7.81. The molecule has 3 heterocycles. The van der Waals surface area contributed by atoms with Crippen molar-refractivity contribution in [2.24, 2.45) is 0 Å². The predicted octanol–water partition coefficient (Wildman–Crippen LogP) is 2.39. The van der Waals surface area contributed by atoms with E-state index in [0.717, 1.165) is 29.9 Å². The van der Waals surface area contributed by atoms with Crippen molar-refractivity contribution in [3.63, 3.8) is 0 Å². The second-order valence-corrected chi connectivity index (χ2v) is 6.69. The molecule has 1 saturated heterocycles. The highest BCUT2D eigenvalue weighted by atomic mass is 16.5. The lowest BCUT2D eigenvalue weighted by atomic mass is 10.2. The van der Waals surface area contributed by atoms with E-state index in [1.165, 1.54) is 0 Å². The molecule has 9 nitrogen and oxygen atoms in total. The van der Waals surface area contributed by atoms with Gasteiger partial charge in [0, 0.05) is 30.9 Å². The number of nitrogens with one attached hydrogen (secondary N) is 3. The van der Waals surface area contributed by atoms with Gasteiger partial charge in [0.15, 0.2) is 11.5 Å². The summed E-state index contributed by atoms with van der Waals surface area (Å²) in [5, 5.41) is 13.5. The first-order valence-electron chi connectivity index (χ1n) is 9.37. The molecule has 1 atom stereocenters. The minimum Gasteiger partial charge on any atom is -0.375 e. The molecule has 1 aromatic carbocycles. The molecule has 1 aliphatic heterocycles. The molecule has 3 aromatic rings. The lowest BCUT2D eigenvalue weighted by Crippen LogP contribution is -2.41. The van der Waals surface area contributed by atoms with Crippen LogP contribution in [-0.2, 0) is 4.74 Å². The molecule has 3 N–H and O–H groups in total. The summed E-state index contributed by atoms with van der Waals surface area (Å²) < 4.78 is 5.65. The maximum atomic E-state index is 11.7. The average molecular weight is 381 g/mol. The molecule has 1 unspecified atom stereocenters. The maximum Gasteiger partial charge on any atom is 0.319 e. The number of H-pyrrole nitrogens is 1. The van der Waals surface area contributed by atoms with Gasteiger partial charge in [0.05, 0.1) is 24.3 Å². The molecule has 146 valence electrons. The number of fused-ring (bicyclic) bond motifs is 1. The van der Waals surface area contributed by atoms with Gasteiger partial charge in [-0.15, -0.1) is 0 Å². The molecule has 28 heavy (non-hydrogen) atoms. The van der Waals surface area contributed by atoms with E-state index in [1.807, 2.05) is 31.2 Å². The number of carbonyl (C=O) groups excluding carboxylic acids is 1. The molecule has 4 rings (SSSR count). The summed E-state index contributed by atoms with van der Waals surface area (Å²) in [6.45, 7) is 6.72. The van der Waals surface area contributed by atoms with Crippen molar-refractivity contribution in [3.05, 3.63) is 30.5 Å². The molecule has 0 bridgehead atoms. The van der Waals surface area contributed by atoms with E-state index in [9.17, 15) is 4.79 Å². The molecule has 2 amide bonds. The molecule has 9 heteroatoms. The van der Waals surface area contributed by atoms with Crippen molar-refractivity contribution >= 4 is 28.6 Å². The number of amides is 2.